The first kappa shape index (κ1) is 16.0. The van der Waals surface area contributed by atoms with E-state index in [9.17, 15) is 0 Å². The second-order valence-electron chi connectivity index (χ2n) is 5.24. The van der Waals surface area contributed by atoms with Gasteiger partial charge in [-0.2, -0.15) is 0 Å². The Balaban J connectivity index is 1.66. The molecule has 1 aliphatic rings. The van der Waals surface area contributed by atoms with E-state index in [1.165, 1.54) is 23.4 Å². The first-order chi connectivity index (χ1) is 11.2. The molecule has 1 aromatic heterocycles. The van der Waals surface area contributed by atoms with Gasteiger partial charge in [0.2, 0.25) is 0 Å². The minimum Gasteiger partial charge on any atom is -0.493 e. The lowest BCUT2D eigenvalue weighted by Gasteiger charge is -2.12. The molecule has 23 heavy (non-hydrogen) atoms. The summed E-state index contributed by atoms with van der Waals surface area (Å²) >= 11 is 7.07. The topological polar surface area (TPSA) is 55.4 Å². The van der Waals surface area contributed by atoms with Crippen LogP contribution in [0.4, 0.5) is 10.8 Å². The number of thiazole rings is 1. The van der Waals surface area contributed by atoms with Crippen molar-refractivity contribution in [1.29, 1.82) is 0 Å². The normalized spacial score (nSPS) is 13.1. The van der Waals surface area contributed by atoms with Crippen molar-refractivity contribution in [3.63, 3.8) is 0 Å². The summed E-state index contributed by atoms with van der Waals surface area (Å²) in [6.07, 6.45) is 4.68. The number of methoxy groups -OCH3 is 2. The van der Waals surface area contributed by atoms with Crippen LogP contribution in [0.25, 0.3) is 0 Å². The third-order valence-electron chi connectivity index (χ3n) is 3.71. The Labute approximate surface area is 145 Å². The maximum absolute atomic E-state index is 5.37. The molecule has 0 radical (unpaired) electrons. The van der Waals surface area contributed by atoms with Gasteiger partial charge in [-0.25, -0.2) is 4.98 Å². The Hall–Kier alpha value is -1.86. The van der Waals surface area contributed by atoms with Gasteiger partial charge >= 0.3 is 0 Å². The second kappa shape index (κ2) is 7.14. The van der Waals surface area contributed by atoms with Crippen LogP contribution in [0.5, 0.6) is 11.5 Å². The minimum absolute atomic E-state index is 0.517. The quantitative estimate of drug-likeness (QED) is 0.818. The zero-order valence-corrected chi connectivity index (χ0v) is 14.8. The molecule has 0 unspecified atom stereocenters. The molecule has 2 N–H and O–H groups in total. The van der Waals surface area contributed by atoms with Gasteiger partial charge in [0.05, 0.1) is 19.9 Å². The van der Waals surface area contributed by atoms with Crippen molar-refractivity contribution in [2.24, 2.45) is 0 Å². The average Bonchev–Trinajstić information content (AvgIpc) is 2.96. The number of anilines is 2. The molecule has 0 bridgehead atoms. The van der Waals surface area contributed by atoms with E-state index in [0.29, 0.717) is 16.6 Å². The molecule has 0 atom stereocenters. The van der Waals surface area contributed by atoms with Crippen LogP contribution >= 0.6 is 23.6 Å². The molecule has 0 saturated carbocycles. The lowest BCUT2D eigenvalue weighted by molar-refractivity contribution is 0.355. The Kier molecular flexibility index (Phi) is 4.97. The third-order valence-corrected chi connectivity index (χ3v) is 4.98. The van der Waals surface area contributed by atoms with Crippen LogP contribution in [-0.2, 0) is 12.8 Å². The summed E-state index contributed by atoms with van der Waals surface area (Å²) in [5.41, 5.74) is 2.05. The third kappa shape index (κ3) is 3.73. The fourth-order valence-electron chi connectivity index (χ4n) is 2.58. The monoisotopic (exact) mass is 349 g/mol. The SMILES string of the molecule is COc1ccc(NC(=S)Nc2nc3c(s2)CCCC3)cc1OC. The summed E-state index contributed by atoms with van der Waals surface area (Å²) < 4.78 is 10.5. The highest BCUT2D eigenvalue weighted by Crippen LogP contribution is 2.31. The van der Waals surface area contributed by atoms with Crippen molar-refractivity contribution in [3.8, 4) is 11.5 Å². The molecule has 1 aromatic carbocycles. The first-order valence-electron chi connectivity index (χ1n) is 7.48. The van der Waals surface area contributed by atoms with Gasteiger partial charge in [0, 0.05) is 16.6 Å². The standard InChI is InChI=1S/C16H19N3O2S2/c1-20-12-8-7-10(9-13(12)21-2)17-15(22)19-16-18-11-5-3-4-6-14(11)23-16/h7-9H,3-6H2,1-2H3,(H2,17,18,19,22). The van der Waals surface area contributed by atoms with Gasteiger partial charge in [-0.1, -0.05) is 0 Å². The van der Waals surface area contributed by atoms with Gasteiger partial charge in [0.15, 0.2) is 21.7 Å². The maximum Gasteiger partial charge on any atom is 0.189 e. The fraction of sp³-hybridized carbons (Fsp3) is 0.375. The van der Waals surface area contributed by atoms with Crippen molar-refractivity contribution >= 4 is 39.5 Å². The van der Waals surface area contributed by atoms with Gasteiger partial charge in [-0.3, -0.25) is 0 Å². The van der Waals surface area contributed by atoms with E-state index in [-0.39, 0.29) is 0 Å². The molecule has 0 spiro atoms. The lowest BCUT2D eigenvalue weighted by atomic mass is 10.0. The van der Waals surface area contributed by atoms with Crippen LogP contribution in [0.1, 0.15) is 23.4 Å². The average molecular weight is 349 g/mol. The van der Waals surface area contributed by atoms with E-state index in [1.807, 2.05) is 18.2 Å². The zero-order chi connectivity index (χ0) is 16.2. The molecule has 1 aliphatic carbocycles. The number of thiocarbonyl (C=S) groups is 1. The zero-order valence-electron chi connectivity index (χ0n) is 13.1. The molecular weight excluding hydrogens is 330 g/mol. The van der Waals surface area contributed by atoms with Crippen molar-refractivity contribution in [2.75, 3.05) is 24.9 Å². The summed E-state index contributed by atoms with van der Waals surface area (Å²) in [5, 5.41) is 7.69. The number of nitrogens with zero attached hydrogens (tertiary/aromatic N) is 1. The van der Waals surface area contributed by atoms with E-state index in [0.717, 1.165) is 23.7 Å². The van der Waals surface area contributed by atoms with Gasteiger partial charge in [0.1, 0.15) is 0 Å². The second-order valence-corrected chi connectivity index (χ2v) is 6.74. The van der Waals surface area contributed by atoms with E-state index in [2.05, 4.69) is 15.6 Å². The summed E-state index contributed by atoms with van der Waals surface area (Å²) in [5.74, 6) is 1.34. The Bertz CT molecular complexity index is 692. The number of aryl methyl sites for hydroxylation is 2. The van der Waals surface area contributed by atoms with Crippen LogP contribution < -0.4 is 20.1 Å². The van der Waals surface area contributed by atoms with Crippen LogP contribution in [0, 0.1) is 0 Å². The predicted octanol–water partition coefficient (Wildman–Crippen LogP) is 3.85. The highest BCUT2D eigenvalue weighted by molar-refractivity contribution is 7.80. The van der Waals surface area contributed by atoms with Crippen molar-refractivity contribution in [3.05, 3.63) is 28.8 Å². The Morgan fingerprint density at radius 2 is 1.91 bits per heavy atom. The van der Waals surface area contributed by atoms with Crippen LogP contribution in [-0.4, -0.2) is 24.3 Å². The molecule has 3 rings (SSSR count). The van der Waals surface area contributed by atoms with E-state index in [4.69, 9.17) is 21.7 Å². The van der Waals surface area contributed by atoms with Gasteiger partial charge < -0.3 is 20.1 Å². The largest absolute Gasteiger partial charge is 0.493 e. The van der Waals surface area contributed by atoms with E-state index >= 15 is 0 Å². The minimum atomic E-state index is 0.517. The van der Waals surface area contributed by atoms with Crippen molar-refractivity contribution < 1.29 is 9.47 Å². The summed E-state index contributed by atoms with van der Waals surface area (Å²) in [6.45, 7) is 0. The van der Waals surface area contributed by atoms with Gasteiger partial charge in [-0.15, -0.1) is 11.3 Å². The van der Waals surface area contributed by atoms with Crippen LogP contribution in [0.2, 0.25) is 0 Å². The molecule has 0 saturated heterocycles. The summed E-state index contributed by atoms with van der Waals surface area (Å²) in [7, 11) is 3.22. The summed E-state index contributed by atoms with van der Waals surface area (Å²) in [6, 6.07) is 5.58. The molecule has 0 amide bonds. The molecule has 2 aromatic rings. The van der Waals surface area contributed by atoms with Crippen LogP contribution in [0.15, 0.2) is 18.2 Å². The molecule has 5 nitrogen and oxygen atoms in total. The molecular formula is C16H19N3O2S2. The van der Waals surface area contributed by atoms with Crippen LogP contribution in [0.3, 0.4) is 0 Å². The number of nitrogens with one attached hydrogen (secondary N) is 2. The number of hydrogen-bond acceptors (Lipinski definition) is 5. The van der Waals surface area contributed by atoms with Gasteiger partial charge in [0.25, 0.3) is 0 Å². The smallest absolute Gasteiger partial charge is 0.189 e. The van der Waals surface area contributed by atoms with E-state index in [1.54, 1.807) is 25.6 Å². The fourth-order valence-corrected chi connectivity index (χ4v) is 3.91. The maximum atomic E-state index is 5.37. The van der Waals surface area contributed by atoms with E-state index < -0.39 is 0 Å². The van der Waals surface area contributed by atoms with Gasteiger partial charge in [-0.05, 0) is 50.0 Å². The number of hydrogen-bond donors (Lipinski definition) is 2. The number of fused-ring (bicyclic) bond motifs is 1. The number of aromatic nitrogens is 1. The highest BCUT2D eigenvalue weighted by atomic mass is 32.1. The Morgan fingerprint density at radius 3 is 2.65 bits per heavy atom. The van der Waals surface area contributed by atoms with Crippen molar-refractivity contribution in [2.45, 2.75) is 25.7 Å². The number of ether oxygens (including phenoxy) is 2. The lowest BCUT2D eigenvalue weighted by Crippen LogP contribution is -2.19. The molecule has 0 fully saturated rings. The molecule has 0 aliphatic heterocycles. The van der Waals surface area contributed by atoms with Crippen molar-refractivity contribution in [1.82, 2.24) is 4.98 Å². The summed E-state index contributed by atoms with van der Waals surface area (Å²) in [4.78, 5) is 6.01. The first-order valence-corrected chi connectivity index (χ1v) is 8.70. The predicted molar refractivity (Wildman–Crippen MR) is 98.1 cm³/mol. The number of rotatable bonds is 4. The molecule has 122 valence electrons. The number of benzene rings is 1. The Morgan fingerprint density at radius 1 is 1.13 bits per heavy atom. The molecule has 1 heterocycles. The molecule has 7 heteroatoms. The highest BCUT2D eigenvalue weighted by Gasteiger charge is 2.15.